The number of hydrogen-bond donors (Lipinski definition) is 1. The second-order valence-corrected chi connectivity index (χ2v) is 4.36. The molecule has 0 bridgehead atoms. The minimum Gasteiger partial charge on any atom is -0.309 e. The van der Waals surface area contributed by atoms with E-state index in [0.717, 1.165) is 6.54 Å². The molecule has 1 aliphatic rings. The first-order valence-electron chi connectivity index (χ1n) is 4.93. The SMILES string of the molecule is C=C(Cl)CNC1CCCN(C)CC1. The molecule has 1 N–H and O–H groups in total. The van der Waals surface area contributed by atoms with Crippen LogP contribution in [0, 0.1) is 0 Å². The number of nitrogens with zero attached hydrogens (tertiary/aromatic N) is 1. The van der Waals surface area contributed by atoms with Gasteiger partial charge < -0.3 is 10.2 Å². The number of hydrogen-bond acceptors (Lipinski definition) is 2. The molecule has 3 heteroatoms. The lowest BCUT2D eigenvalue weighted by atomic mass is 10.1. The third-order valence-corrected chi connectivity index (χ3v) is 2.67. The van der Waals surface area contributed by atoms with Crippen molar-refractivity contribution in [1.29, 1.82) is 0 Å². The minimum absolute atomic E-state index is 0.625. The van der Waals surface area contributed by atoms with Gasteiger partial charge in [-0.1, -0.05) is 18.2 Å². The standard InChI is InChI=1S/C10H19ClN2/c1-9(11)8-12-10-4-3-6-13(2)7-5-10/h10,12H,1,3-8H2,2H3. The fraction of sp³-hybridized carbons (Fsp3) is 0.800. The summed E-state index contributed by atoms with van der Waals surface area (Å²) in [5.74, 6) is 0. The molecule has 0 radical (unpaired) electrons. The molecule has 1 aliphatic heterocycles. The molecule has 13 heavy (non-hydrogen) atoms. The molecule has 0 aliphatic carbocycles. The Labute approximate surface area is 85.9 Å². The summed E-state index contributed by atoms with van der Waals surface area (Å²) in [7, 11) is 2.18. The highest BCUT2D eigenvalue weighted by molar-refractivity contribution is 6.29. The van der Waals surface area contributed by atoms with Crippen molar-refractivity contribution in [2.75, 3.05) is 26.7 Å². The van der Waals surface area contributed by atoms with E-state index in [0.29, 0.717) is 11.1 Å². The molecule has 0 aromatic carbocycles. The van der Waals surface area contributed by atoms with Crippen LogP contribution in [0.25, 0.3) is 0 Å². The minimum atomic E-state index is 0.625. The first-order chi connectivity index (χ1) is 6.18. The van der Waals surface area contributed by atoms with Crippen LogP contribution in [0.4, 0.5) is 0 Å². The average molecular weight is 203 g/mol. The Morgan fingerprint density at radius 2 is 2.31 bits per heavy atom. The summed E-state index contributed by atoms with van der Waals surface area (Å²) in [4.78, 5) is 2.39. The lowest BCUT2D eigenvalue weighted by molar-refractivity contribution is 0.344. The van der Waals surface area contributed by atoms with Crippen molar-refractivity contribution in [3.8, 4) is 0 Å². The van der Waals surface area contributed by atoms with Gasteiger partial charge in [-0.15, -0.1) is 0 Å². The van der Waals surface area contributed by atoms with Crippen molar-refractivity contribution in [1.82, 2.24) is 10.2 Å². The molecule has 0 saturated carbocycles. The molecule has 1 atom stereocenters. The molecule has 2 nitrogen and oxygen atoms in total. The normalized spacial score (nSPS) is 25.5. The van der Waals surface area contributed by atoms with Gasteiger partial charge in [0.1, 0.15) is 0 Å². The maximum Gasteiger partial charge on any atom is 0.0310 e. The Morgan fingerprint density at radius 3 is 3.00 bits per heavy atom. The third kappa shape index (κ3) is 4.65. The summed E-state index contributed by atoms with van der Waals surface area (Å²) in [5.41, 5.74) is 0. The molecular weight excluding hydrogens is 184 g/mol. The van der Waals surface area contributed by atoms with Gasteiger partial charge >= 0.3 is 0 Å². The number of rotatable bonds is 3. The molecule has 0 spiro atoms. The quantitative estimate of drug-likeness (QED) is 0.751. The van der Waals surface area contributed by atoms with Gasteiger partial charge in [0.15, 0.2) is 0 Å². The number of likely N-dealkylation sites (tertiary alicyclic amines) is 1. The van der Waals surface area contributed by atoms with Crippen LogP contribution in [-0.2, 0) is 0 Å². The Kier molecular flexibility index (Phi) is 4.78. The summed E-state index contributed by atoms with van der Waals surface area (Å²) in [5, 5.41) is 4.13. The summed E-state index contributed by atoms with van der Waals surface area (Å²) in [6, 6.07) is 0.625. The van der Waals surface area contributed by atoms with Crippen molar-refractivity contribution in [3.63, 3.8) is 0 Å². The van der Waals surface area contributed by atoms with E-state index in [1.54, 1.807) is 0 Å². The predicted octanol–water partition coefficient (Wildman–Crippen LogP) is 1.81. The topological polar surface area (TPSA) is 15.3 Å². The van der Waals surface area contributed by atoms with E-state index in [-0.39, 0.29) is 0 Å². The fourth-order valence-electron chi connectivity index (χ4n) is 1.70. The molecule has 1 heterocycles. The van der Waals surface area contributed by atoms with Crippen LogP contribution in [-0.4, -0.2) is 37.6 Å². The van der Waals surface area contributed by atoms with Crippen LogP contribution >= 0.6 is 11.6 Å². The molecule has 1 unspecified atom stereocenters. The van der Waals surface area contributed by atoms with Gasteiger partial charge in [0.25, 0.3) is 0 Å². The monoisotopic (exact) mass is 202 g/mol. The van der Waals surface area contributed by atoms with E-state index in [1.807, 2.05) is 0 Å². The number of halogens is 1. The smallest absolute Gasteiger partial charge is 0.0310 e. The highest BCUT2D eigenvalue weighted by atomic mass is 35.5. The summed E-state index contributed by atoms with van der Waals surface area (Å²) in [6.07, 6.45) is 3.76. The van der Waals surface area contributed by atoms with E-state index in [1.165, 1.54) is 32.4 Å². The van der Waals surface area contributed by atoms with Crippen molar-refractivity contribution < 1.29 is 0 Å². The lowest BCUT2D eigenvalue weighted by Crippen LogP contribution is -2.31. The maximum absolute atomic E-state index is 5.70. The van der Waals surface area contributed by atoms with Crippen molar-refractivity contribution in [2.45, 2.75) is 25.3 Å². The maximum atomic E-state index is 5.70. The van der Waals surface area contributed by atoms with Crippen LogP contribution in [0.5, 0.6) is 0 Å². The molecule has 1 rings (SSSR count). The van der Waals surface area contributed by atoms with Crippen LogP contribution < -0.4 is 5.32 Å². The first kappa shape index (κ1) is 11.0. The lowest BCUT2D eigenvalue weighted by Gasteiger charge is -2.16. The fourth-order valence-corrected chi connectivity index (χ4v) is 1.78. The van der Waals surface area contributed by atoms with Gasteiger partial charge in [0.05, 0.1) is 0 Å². The second kappa shape index (κ2) is 5.63. The zero-order valence-corrected chi connectivity index (χ0v) is 9.11. The largest absolute Gasteiger partial charge is 0.309 e. The molecule has 0 aromatic heterocycles. The van der Waals surface area contributed by atoms with Gasteiger partial charge in [-0.3, -0.25) is 0 Å². The average Bonchev–Trinajstić information content (AvgIpc) is 2.27. The molecule has 0 aromatic rings. The van der Waals surface area contributed by atoms with Crippen LogP contribution in [0.1, 0.15) is 19.3 Å². The molecular formula is C10H19ClN2. The predicted molar refractivity (Wildman–Crippen MR) is 58.1 cm³/mol. The summed E-state index contributed by atoms with van der Waals surface area (Å²) >= 11 is 5.70. The summed E-state index contributed by atoms with van der Waals surface area (Å²) in [6.45, 7) is 6.83. The molecule has 1 saturated heterocycles. The van der Waals surface area contributed by atoms with E-state index >= 15 is 0 Å². The summed E-state index contributed by atoms with van der Waals surface area (Å²) < 4.78 is 0. The Bertz CT molecular complexity index is 170. The van der Waals surface area contributed by atoms with Crippen molar-refractivity contribution >= 4 is 11.6 Å². The molecule has 1 fully saturated rings. The Hall–Kier alpha value is -0.0500. The van der Waals surface area contributed by atoms with Crippen LogP contribution in [0.15, 0.2) is 11.6 Å². The van der Waals surface area contributed by atoms with Gasteiger partial charge in [-0.2, -0.15) is 0 Å². The van der Waals surface area contributed by atoms with E-state index in [4.69, 9.17) is 11.6 Å². The third-order valence-electron chi connectivity index (χ3n) is 2.53. The van der Waals surface area contributed by atoms with E-state index < -0.39 is 0 Å². The Balaban J connectivity index is 2.22. The first-order valence-corrected chi connectivity index (χ1v) is 5.31. The zero-order chi connectivity index (χ0) is 9.68. The highest BCUT2D eigenvalue weighted by Crippen LogP contribution is 2.09. The van der Waals surface area contributed by atoms with E-state index in [9.17, 15) is 0 Å². The van der Waals surface area contributed by atoms with Gasteiger partial charge in [-0.25, -0.2) is 0 Å². The molecule has 76 valence electrons. The van der Waals surface area contributed by atoms with Gasteiger partial charge in [-0.05, 0) is 39.4 Å². The van der Waals surface area contributed by atoms with Crippen LogP contribution in [0.2, 0.25) is 0 Å². The second-order valence-electron chi connectivity index (χ2n) is 3.83. The number of nitrogens with one attached hydrogen (secondary N) is 1. The van der Waals surface area contributed by atoms with E-state index in [2.05, 4.69) is 23.8 Å². The Morgan fingerprint density at radius 1 is 1.54 bits per heavy atom. The van der Waals surface area contributed by atoms with Gasteiger partial charge in [0, 0.05) is 17.6 Å². The molecule has 0 amide bonds. The van der Waals surface area contributed by atoms with Gasteiger partial charge in [0.2, 0.25) is 0 Å². The van der Waals surface area contributed by atoms with Crippen LogP contribution in [0.3, 0.4) is 0 Å². The van der Waals surface area contributed by atoms with Crippen molar-refractivity contribution in [3.05, 3.63) is 11.6 Å². The zero-order valence-electron chi connectivity index (χ0n) is 8.35. The highest BCUT2D eigenvalue weighted by Gasteiger charge is 2.13. The van der Waals surface area contributed by atoms with Crippen molar-refractivity contribution in [2.24, 2.45) is 0 Å².